The molecule has 0 aliphatic carbocycles. The molecule has 1 atom stereocenters. The summed E-state index contributed by atoms with van der Waals surface area (Å²) in [4.78, 5) is 17.8. The summed E-state index contributed by atoms with van der Waals surface area (Å²) in [5.74, 6) is 2.43. The second-order valence-corrected chi connectivity index (χ2v) is 8.26. The number of thiazole rings is 1. The number of rotatable bonds is 3. The summed E-state index contributed by atoms with van der Waals surface area (Å²) in [6, 6.07) is 13.1. The van der Waals surface area contributed by atoms with Crippen LogP contribution in [-0.4, -0.2) is 28.3 Å². The molecule has 0 saturated carbocycles. The lowest BCUT2D eigenvalue weighted by Crippen LogP contribution is -2.26. The van der Waals surface area contributed by atoms with Crippen LogP contribution in [0.1, 0.15) is 17.5 Å². The highest BCUT2D eigenvalue weighted by Gasteiger charge is 2.27. The Balaban J connectivity index is 1.52. The Morgan fingerprint density at radius 1 is 1.28 bits per heavy atom. The van der Waals surface area contributed by atoms with Crippen LogP contribution < -0.4 is 24.3 Å². The molecule has 2 aromatic heterocycles. The lowest BCUT2D eigenvalue weighted by atomic mass is 10.2. The summed E-state index contributed by atoms with van der Waals surface area (Å²) < 4.78 is 19.8. The van der Waals surface area contributed by atoms with Crippen LogP contribution in [0.5, 0.6) is 17.2 Å². The molecule has 9 heteroatoms. The average molecular weight is 472 g/mol. The van der Waals surface area contributed by atoms with Gasteiger partial charge in [0.25, 0.3) is 5.56 Å². The Morgan fingerprint density at radius 2 is 2.10 bits per heavy atom. The van der Waals surface area contributed by atoms with Gasteiger partial charge in [-0.3, -0.25) is 4.79 Å². The molecule has 0 fully saturated rings. The first-order chi connectivity index (χ1) is 14.1. The van der Waals surface area contributed by atoms with Gasteiger partial charge in [0, 0.05) is 10.0 Å². The second-order valence-electron chi connectivity index (χ2n) is 6.33. The minimum Gasteiger partial charge on any atom is -0.496 e. The minimum atomic E-state index is -0.464. The first kappa shape index (κ1) is 18.1. The largest absolute Gasteiger partial charge is 0.496 e. The van der Waals surface area contributed by atoms with Crippen molar-refractivity contribution in [2.45, 2.75) is 6.10 Å². The van der Waals surface area contributed by atoms with Gasteiger partial charge in [0.1, 0.15) is 12.4 Å². The quantitative estimate of drug-likeness (QED) is 0.457. The van der Waals surface area contributed by atoms with Gasteiger partial charge in [0.15, 0.2) is 23.4 Å². The molecule has 1 aliphatic rings. The van der Waals surface area contributed by atoms with E-state index in [0.29, 0.717) is 32.6 Å². The molecule has 0 unspecified atom stereocenters. The van der Waals surface area contributed by atoms with Crippen molar-refractivity contribution in [1.29, 1.82) is 0 Å². The number of ether oxygens (including phenoxy) is 3. The van der Waals surface area contributed by atoms with Gasteiger partial charge < -0.3 is 14.2 Å². The fourth-order valence-electron chi connectivity index (χ4n) is 3.09. The third-order valence-electron chi connectivity index (χ3n) is 4.47. The number of nitrogens with zero attached hydrogens (tertiary/aromatic N) is 3. The van der Waals surface area contributed by atoms with Crippen molar-refractivity contribution in [2.24, 2.45) is 0 Å². The van der Waals surface area contributed by atoms with Crippen molar-refractivity contribution in [3.8, 4) is 17.2 Å². The van der Waals surface area contributed by atoms with E-state index in [-0.39, 0.29) is 12.2 Å². The number of benzene rings is 2. The van der Waals surface area contributed by atoms with E-state index in [0.717, 1.165) is 10.0 Å². The Hall–Kier alpha value is -2.91. The maximum absolute atomic E-state index is 12.8. The molecule has 0 spiro atoms. The standard InChI is InChI=1S/C20H14BrN3O4S/c1-26-13-7-6-12(21)8-11(13)9-17-19(25)24-20(29-17)22-18(23-24)16-10-27-14-4-2-3-5-15(14)28-16/h2-9,16H,10H2,1H3/b17-9-/t16-/m0/s1. The molecule has 3 heterocycles. The SMILES string of the molecule is COc1ccc(Br)cc1/C=c1\sc2nc([C@@H]3COc4ccccc4O3)nn2c1=O. The molecule has 0 bridgehead atoms. The predicted molar refractivity (Wildman–Crippen MR) is 112 cm³/mol. The summed E-state index contributed by atoms with van der Waals surface area (Å²) in [5.41, 5.74) is 0.562. The average Bonchev–Trinajstić information content (AvgIpc) is 3.27. The summed E-state index contributed by atoms with van der Waals surface area (Å²) in [5, 5.41) is 4.37. The zero-order valence-electron chi connectivity index (χ0n) is 15.2. The summed E-state index contributed by atoms with van der Waals surface area (Å²) in [6.45, 7) is 0.289. The van der Waals surface area contributed by atoms with E-state index >= 15 is 0 Å². The maximum Gasteiger partial charge on any atom is 0.291 e. The van der Waals surface area contributed by atoms with Crippen molar-refractivity contribution in [2.75, 3.05) is 13.7 Å². The predicted octanol–water partition coefficient (Wildman–Crippen LogP) is 2.98. The highest BCUT2D eigenvalue weighted by molar-refractivity contribution is 9.10. The Bertz CT molecular complexity index is 1330. The minimum absolute atomic E-state index is 0.233. The van der Waals surface area contributed by atoms with Crippen molar-refractivity contribution in [1.82, 2.24) is 14.6 Å². The zero-order valence-corrected chi connectivity index (χ0v) is 17.6. The Kier molecular flexibility index (Phi) is 4.48. The third kappa shape index (κ3) is 3.26. The molecular weight excluding hydrogens is 458 g/mol. The van der Waals surface area contributed by atoms with Crippen LogP contribution in [0.15, 0.2) is 51.7 Å². The summed E-state index contributed by atoms with van der Waals surface area (Å²) in [7, 11) is 1.60. The molecule has 2 aromatic carbocycles. The fourth-order valence-corrected chi connectivity index (χ4v) is 4.38. The number of para-hydroxylation sites is 2. The van der Waals surface area contributed by atoms with E-state index in [2.05, 4.69) is 26.0 Å². The van der Waals surface area contributed by atoms with Crippen LogP contribution in [0.2, 0.25) is 0 Å². The van der Waals surface area contributed by atoms with E-state index in [4.69, 9.17) is 14.2 Å². The van der Waals surface area contributed by atoms with Crippen molar-refractivity contribution in [3.63, 3.8) is 0 Å². The molecule has 0 saturated heterocycles. The van der Waals surface area contributed by atoms with Crippen molar-refractivity contribution >= 4 is 38.3 Å². The van der Waals surface area contributed by atoms with Crippen LogP contribution in [0.3, 0.4) is 0 Å². The van der Waals surface area contributed by atoms with Crippen LogP contribution in [-0.2, 0) is 0 Å². The van der Waals surface area contributed by atoms with Gasteiger partial charge in [-0.25, -0.2) is 0 Å². The van der Waals surface area contributed by atoms with Gasteiger partial charge in [-0.2, -0.15) is 9.50 Å². The van der Waals surface area contributed by atoms with Gasteiger partial charge in [-0.05, 0) is 36.4 Å². The molecule has 5 rings (SSSR count). The maximum atomic E-state index is 12.8. The van der Waals surface area contributed by atoms with Crippen LogP contribution in [0, 0.1) is 0 Å². The summed E-state index contributed by atoms with van der Waals surface area (Å²) >= 11 is 4.71. The number of aromatic nitrogens is 3. The van der Waals surface area contributed by atoms with Crippen molar-refractivity contribution in [3.05, 3.63) is 73.2 Å². The highest BCUT2D eigenvalue weighted by atomic mass is 79.9. The van der Waals surface area contributed by atoms with E-state index in [1.807, 2.05) is 42.5 Å². The van der Waals surface area contributed by atoms with Gasteiger partial charge in [-0.15, -0.1) is 5.10 Å². The number of hydrogen-bond acceptors (Lipinski definition) is 7. The molecule has 1 aliphatic heterocycles. The normalized spacial score (nSPS) is 16.3. The third-order valence-corrected chi connectivity index (χ3v) is 5.93. The molecule has 7 nitrogen and oxygen atoms in total. The monoisotopic (exact) mass is 471 g/mol. The Labute approximate surface area is 177 Å². The zero-order chi connectivity index (χ0) is 20.0. The highest BCUT2D eigenvalue weighted by Crippen LogP contribution is 2.35. The van der Waals surface area contributed by atoms with Crippen LogP contribution >= 0.6 is 27.3 Å². The lowest BCUT2D eigenvalue weighted by Gasteiger charge is -2.24. The van der Waals surface area contributed by atoms with Gasteiger partial charge in [0.2, 0.25) is 4.96 Å². The Morgan fingerprint density at radius 3 is 2.90 bits per heavy atom. The van der Waals surface area contributed by atoms with E-state index in [1.165, 1.54) is 15.9 Å². The number of halogens is 1. The molecule has 29 heavy (non-hydrogen) atoms. The molecule has 146 valence electrons. The molecule has 0 amide bonds. The van der Waals surface area contributed by atoms with Crippen LogP contribution in [0.4, 0.5) is 0 Å². The van der Waals surface area contributed by atoms with Gasteiger partial charge >= 0.3 is 0 Å². The number of fused-ring (bicyclic) bond motifs is 2. The smallest absolute Gasteiger partial charge is 0.291 e. The van der Waals surface area contributed by atoms with E-state index < -0.39 is 6.10 Å². The first-order valence-electron chi connectivity index (χ1n) is 8.75. The second kappa shape index (κ2) is 7.16. The fraction of sp³-hybridized carbons (Fsp3) is 0.150. The summed E-state index contributed by atoms with van der Waals surface area (Å²) in [6.07, 6.45) is 1.32. The topological polar surface area (TPSA) is 74.9 Å². The van der Waals surface area contributed by atoms with Gasteiger partial charge in [-0.1, -0.05) is 39.4 Å². The molecule has 0 N–H and O–H groups in total. The first-order valence-corrected chi connectivity index (χ1v) is 10.4. The van der Waals surface area contributed by atoms with Gasteiger partial charge in [0.05, 0.1) is 11.6 Å². The van der Waals surface area contributed by atoms with Crippen molar-refractivity contribution < 1.29 is 14.2 Å². The number of methoxy groups -OCH3 is 1. The lowest BCUT2D eigenvalue weighted by molar-refractivity contribution is 0.0852. The molecule has 0 radical (unpaired) electrons. The van der Waals surface area contributed by atoms with Crippen LogP contribution in [0.25, 0.3) is 11.0 Å². The van der Waals surface area contributed by atoms with E-state index in [1.54, 1.807) is 13.2 Å². The molecule has 4 aromatic rings. The molecular formula is C20H14BrN3O4S. The van der Waals surface area contributed by atoms with E-state index in [9.17, 15) is 4.79 Å². The number of hydrogen-bond donors (Lipinski definition) is 0.